The van der Waals surface area contributed by atoms with Crippen LogP contribution in [0.2, 0.25) is 0 Å². The molecule has 1 atom stereocenters. The Morgan fingerprint density at radius 2 is 1.82 bits per heavy atom. The number of carbonyl (C=O) groups is 1. The van der Waals surface area contributed by atoms with Crippen molar-refractivity contribution < 1.29 is 13.2 Å². The molecule has 0 radical (unpaired) electrons. The second kappa shape index (κ2) is 5.31. The van der Waals surface area contributed by atoms with Gasteiger partial charge in [0.25, 0.3) is 0 Å². The number of rotatable bonds is 5. The van der Waals surface area contributed by atoms with Crippen molar-refractivity contribution in [1.82, 2.24) is 0 Å². The Morgan fingerprint density at radius 3 is 2.24 bits per heavy atom. The van der Waals surface area contributed by atoms with Crippen molar-refractivity contribution >= 4 is 21.5 Å². The van der Waals surface area contributed by atoms with Crippen LogP contribution in [0.25, 0.3) is 0 Å². The number of carbonyl (C=O) groups excluding carboxylic acids is 1. The molecule has 0 aliphatic rings. The third-order valence-electron chi connectivity index (χ3n) is 2.53. The van der Waals surface area contributed by atoms with Crippen LogP contribution in [0.3, 0.4) is 0 Å². The summed E-state index contributed by atoms with van der Waals surface area (Å²) in [4.78, 5) is 11.8. The van der Waals surface area contributed by atoms with Gasteiger partial charge in [-0.05, 0) is 30.7 Å². The molecule has 1 unspecified atom stereocenters. The molecule has 1 rings (SSSR count). The van der Waals surface area contributed by atoms with Gasteiger partial charge in [-0.1, -0.05) is 13.8 Å². The molecule has 0 saturated heterocycles. The van der Waals surface area contributed by atoms with Gasteiger partial charge in [0.05, 0.1) is 6.26 Å². The fourth-order valence-electron chi connectivity index (χ4n) is 1.39. The molecule has 1 aromatic carbocycles. The molecule has 0 heterocycles. The van der Waals surface area contributed by atoms with Gasteiger partial charge in [-0.15, -0.1) is 0 Å². The van der Waals surface area contributed by atoms with E-state index >= 15 is 0 Å². The van der Waals surface area contributed by atoms with E-state index < -0.39 is 10.0 Å². The maximum absolute atomic E-state index is 11.8. The SMILES string of the molecule is CCC(C)C(=O)c1ccc(NS(C)(=O)=O)cc1. The van der Waals surface area contributed by atoms with Crippen molar-refractivity contribution in [1.29, 1.82) is 0 Å². The van der Waals surface area contributed by atoms with Gasteiger partial charge in [0, 0.05) is 17.2 Å². The Hall–Kier alpha value is -1.36. The van der Waals surface area contributed by atoms with E-state index in [-0.39, 0.29) is 11.7 Å². The van der Waals surface area contributed by atoms with E-state index in [0.29, 0.717) is 11.3 Å². The minimum atomic E-state index is -3.27. The first kappa shape index (κ1) is 13.7. The van der Waals surface area contributed by atoms with Gasteiger partial charge in [0.15, 0.2) is 5.78 Å². The van der Waals surface area contributed by atoms with E-state index in [1.54, 1.807) is 24.3 Å². The van der Waals surface area contributed by atoms with E-state index in [9.17, 15) is 13.2 Å². The number of benzene rings is 1. The summed E-state index contributed by atoms with van der Waals surface area (Å²) in [5.74, 6) is 0.0714. The Morgan fingerprint density at radius 1 is 1.29 bits per heavy atom. The van der Waals surface area contributed by atoms with Gasteiger partial charge in [0.1, 0.15) is 0 Å². The lowest BCUT2D eigenvalue weighted by atomic mass is 9.97. The normalized spacial score (nSPS) is 13.1. The first-order valence-electron chi connectivity index (χ1n) is 5.45. The van der Waals surface area contributed by atoms with Gasteiger partial charge in [-0.25, -0.2) is 8.42 Å². The molecule has 0 amide bonds. The van der Waals surface area contributed by atoms with Crippen molar-refractivity contribution in [3.05, 3.63) is 29.8 Å². The van der Waals surface area contributed by atoms with Crippen molar-refractivity contribution in [3.8, 4) is 0 Å². The molecule has 0 fully saturated rings. The van der Waals surface area contributed by atoms with Crippen LogP contribution in [-0.2, 0) is 10.0 Å². The van der Waals surface area contributed by atoms with Gasteiger partial charge >= 0.3 is 0 Å². The number of hydrogen-bond acceptors (Lipinski definition) is 3. The van der Waals surface area contributed by atoms with Crippen molar-refractivity contribution in [2.75, 3.05) is 11.0 Å². The molecule has 4 nitrogen and oxygen atoms in total. The molecule has 0 bridgehead atoms. The van der Waals surface area contributed by atoms with Crippen LogP contribution >= 0.6 is 0 Å². The highest BCUT2D eigenvalue weighted by Gasteiger charge is 2.13. The monoisotopic (exact) mass is 255 g/mol. The second-order valence-electron chi connectivity index (χ2n) is 4.13. The van der Waals surface area contributed by atoms with Crippen LogP contribution in [0.15, 0.2) is 24.3 Å². The molecular weight excluding hydrogens is 238 g/mol. The lowest BCUT2D eigenvalue weighted by molar-refractivity contribution is 0.0927. The molecule has 1 N–H and O–H groups in total. The fourth-order valence-corrected chi connectivity index (χ4v) is 1.95. The molecule has 17 heavy (non-hydrogen) atoms. The van der Waals surface area contributed by atoms with Crippen LogP contribution in [0.4, 0.5) is 5.69 Å². The van der Waals surface area contributed by atoms with Gasteiger partial charge in [-0.2, -0.15) is 0 Å². The average molecular weight is 255 g/mol. The molecule has 0 aromatic heterocycles. The minimum Gasteiger partial charge on any atom is -0.294 e. The third-order valence-corrected chi connectivity index (χ3v) is 3.14. The Bertz CT molecular complexity index is 491. The highest BCUT2D eigenvalue weighted by Crippen LogP contribution is 2.15. The predicted octanol–water partition coefficient (Wildman–Crippen LogP) is 2.29. The number of Topliss-reactive ketones (excluding diaryl/α,β-unsaturated/α-hetero) is 1. The summed E-state index contributed by atoms with van der Waals surface area (Å²) in [6.45, 7) is 3.84. The molecule has 0 spiro atoms. The van der Waals surface area contributed by atoms with E-state index in [1.807, 2.05) is 13.8 Å². The number of ketones is 1. The molecule has 94 valence electrons. The highest BCUT2D eigenvalue weighted by molar-refractivity contribution is 7.92. The molecule has 1 aromatic rings. The van der Waals surface area contributed by atoms with Gasteiger partial charge < -0.3 is 0 Å². The van der Waals surface area contributed by atoms with Crippen LogP contribution in [-0.4, -0.2) is 20.5 Å². The molecule has 0 aliphatic heterocycles. The first-order valence-corrected chi connectivity index (χ1v) is 7.34. The van der Waals surface area contributed by atoms with E-state index in [1.165, 1.54) is 0 Å². The topological polar surface area (TPSA) is 63.2 Å². The smallest absolute Gasteiger partial charge is 0.229 e. The standard InChI is InChI=1S/C12H17NO3S/c1-4-9(2)12(14)10-5-7-11(8-6-10)13-17(3,15)16/h5-9,13H,4H2,1-3H3. The molecule has 0 saturated carbocycles. The number of anilines is 1. The zero-order valence-corrected chi connectivity index (χ0v) is 11.0. The van der Waals surface area contributed by atoms with Crippen molar-refractivity contribution in [3.63, 3.8) is 0 Å². The molecule has 5 heteroatoms. The van der Waals surface area contributed by atoms with Gasteiger partial charge in [-0.3, -0.25) is 9.52 Å². The first-order chi connectivity index (χ1) is 7.83. The van der Waals surface area contributed by atoms with Crippen LogP contribution in [0.1, 0.15) is 30.6 Å². The summed E-state index contributed by atoms with van der Waals surface area (Å²) in [7, 11) is -3.27. The summed E-state index contributed by atoms with van der Waals surface area (Å²) in [5, 5.41) is 0. The lowest BCUT2D eigenvalue weighted by Crippen LogP contribution is -2.11. The van der Waals surface area contributed by atoms with Crippen molar-refractivity contribution in [2.24, 2.45) is 5.92 Å². The number of sulfonamides is 1. The lowest BCUT2D eigenvalue weighted by Gasteiger charge is -2.08. The predicted molar refractivity (Wildman–Crippen MR) is 68.7 cm³/mol. The second-order valence-corrected chi connectivity index (χ2v) is 5.87. The fraction of sp³-hybridized carbons (Fsp3) is 0.417. The van der Waals surface area contributed by atoms with Crippen LogP contribution in [0.5, 0.6) is 0 Å². The summed E-state index contributed by atoms with van der Waals surface area (Å²) < 4.78 is 24.3. The quantitative estimate of drug-likeness (QED) is 0.821. The Labute approximate surface area is 102 Å². The van der Waals surface area contributed by atoms with Gasteiger partial charge in [0.2, 0.25) is 10.0 Å². The zero-order valence-electron chi connectivity index (χ0n) is 10.2. The third kappa shape index (κ3) is 4.19. The minimum absolute atomic E-state index is 0.0104. The largest absolute Gasteiger partial charge is 0.294 e. The number of nitrogens with one attached hydrogen (secondary N) is 1. The Balaban J connectivity index is 2.85. The van der Waals surface area contributed by atoms with E-state index in [0.717, 1.165) is 12.7 Å². The molecular formula is C12H17NO3S. The zero-order chi connectivity index (χ0) is 13.1. The van der Waals surface area contributed by atoms with Crippen LogP contribution < -0.4 is 4.72 Å². The average Bonchev–Trinajstić information content (AvgIpc) is 2.26. The van der Waals surface area contributed by atoms with Crippen molar-refractivity contribution in [2.45, 2.75) is 20.3 Å². The molecule has 0 aliphatic carbocycles. The number of hydrogen-bond donors (Lipinski definition) is 1. The summed E-state index contributed by atoms with van der Waals surface area (Å²) in [5.41, 5.74) is 1.08. The Kier molecular flexibility index (Phi) is 4.28. The highest BCUT2D eigenvalue weighted by atomic mass is 32.2. The maximum Gasteiger partial charge on any atom is 0.229 e. The summed E-state index contributed by atoms with van der Waals surface area (Å²) in [6, 6.07) is 6.47. The van der Waals surface area contributed by atoms with E-state index in [2.05, 4.69) is 4.72 Å². The maximum atomic E-state index is 11.8. The summed E-state index contributed by atoms with van der Waals surface area (Å²) >= 11 is 0. The van der Waals surface area contributed by atoms with E-state index in [4.69, 9.17) is 0 Å². The van der Waals surface area contributed by atoms with Crippen LogP contribution in [0, 0.1) is 5.92 Å². The summed E-state index contributed by atoms with van der Waals surface area (Å²) in [6.07, 6.45) is 1.88.